The number of hydrogen-bond acceptors (Lipinski definition) is 2. The van der Waals surface area contributed by atoms with Gasteiger partial charge in [-0.3, -0.25) is 0 Å². The molecule has 3 heterocycles. The molecule has 0 saturated heterocycles. The molecule has 0 radical (unpaired) electrons. The average molecular weight is 322 g/mol. The number of aryl methyl sites for hydroxylation is 1. The van der Waals surface area contributed by atoms with E-state index in [0.29, 0.717) is 0 Å². The molecule has 118 valence electrons. The van der Waals surface area contributed by atoms with Crippen molar-refractivity contribution < 1.29 is 0 Å². The highest BCUT2D eigenvalue weighted by atomic mass is 14.9. The van der Waals surface area contributed by atoms with Gasteiger partial charge in [0.05, 0.1) is 5.52 Å². The van der Waals surface area contributed by atoms with Crippen molar-refractivity contribution in [1.29, 1.82) is 0 Å². The molecule has 4 nitrogen and oxygen atoms in total. The number of fused-ring (bicyclic) bond motifs is 9. The van der Waals surface area contributed by atoms with Gasteiger partial charge in [-0.2, -0.15) is 0 Å². The Bertz CT molecular complexity index is 1450. The summed E-state index contributed by atoms with van der Waals surface area (Å²) in [5.41, 5.74) is 5.41. The number of rotatable bonds is 0. The van der Waals surface area contributed by atoms with Crippen molar-refractivity contribution in [3.63, 3.8) is 0 Å². The summed E-state index contributed by atoms with van der Waals surface area (Å²) in [6, 6.07) is 17.3. The zero-order valence-corrected chi connectivity index (χ0v) is 13.6. The van der Waals surface area contributed by atoms with Crippen LogP contribution in [0.15, 0.2) is 61.1 Å². The smallest absolute Gasteiger partial charge is 0.117 e. The third-order valence-corrected chi connectivity index (χ3v) is 5.29. The van der Waals surface area contributed by atoms with Crippen LogP contribution in [0.25, 0.3) is 54.5 Å². The zero-order chi connectivity index (χ0) is 16.5. The second kappa shape index (κ2) is 4.36. The number of aromatic amines is 1. The van der Waals surface area contributed by atoms with E-state index in [4.69, 9.17) is 0 Å². The molecule has 4 heteroatoms. The van der Waals surface area contributed by atoms with Gasteiger partial charge >= 0.3 is 0 Å². The predicted octanol–water partition coefficient (Wildman–Crippen LogP) is 4.91. The Hall–Kier alpha value is -3.40. The molecule has 0 aliphatic rings. The van der Waals surface area contributed by atoms with Crippen LogP contribution in [0, 0.1) is 0 Å². The molecule has 6 aromatic rings. The van der Waals surface area contributed by atoms with Crippen molar-refractivity contribution in [3.8, 4) is 0 Å². The third kappa shape index (κ3) is 1.51. The minimum atomic E-state index is 0.933. The lowest BCUT2D eigenvalue weighted by Crippen LogP contribution is -1.88. The highest BCUT2D eigenvalue weighted by molar-refractivity contribution is 6.26. The Morgan fingerprint density at radius 1 is 0.760 bits per heavy atom. The molecule has 0 amide bonds. The lowest BCUT2D eigenvalue weighted by Gasteiger charge is -2.07. The number of hydrogen-bond donors (Lipinski definition) is 1. The topological polar surface area (TPSA) is 46.5 Å². The molecule has 3 aromatic heterocycles. The fraction of sp³-hybridized carbons (Fsp3) is 0.0476. The quantitative estimate of drug-likeness (QED) is 0.404. The SMILES string of the molecule is Cn1c2ccccc2c2cc3c(cc21)c1ccc[nH]c1c1ncnc31. The van der Waals surface area contributed by atoms with Crippen molar-refractivity contribution >= 4 is 54.5 Å². The molecule has 0 saturated carbocycles. The van der Waals surface area contributed by atoms with Crippen LogP contribution in [0.4, 0.5) is 0 Å². The molecule has 0 fully saturated rings. The normalized spacial score (nSPS) is 12.2. The molecular formula is C21H14N4. The lowest BCUT2D eigenvalue weighted by molar-refractivity contribution is 1.02. The van der Waals surface area contributed by atoms with Crippen LogP contribution in [0.1, 0.15) is 0 Å². The summed E-state index contributed by atoms with van der Waals surface area (Å²) in [5.74, 6) is 0. The Morgan fingerprint density at radius 3 is 2.56 bits per heavy atom. The highest BCUT2D eigenvalue weighted by Gasteiger charge is 2.15. The molecular weight excluding hydrogens is 308 g/mol. The number of imidazole rings is 1. The number of pyridine rings is 1. The van der Waals surface area contributed by atoms with E-state index in [-0.39, 0.29) is 0 Å². The second-order valence-electron chi connectivity index (χ2n) is 6.52. The van der Waals surface area contributed by atoms with Gasteiger partial charge in [-0.15, -0.1) is 0 Å². The summed E-state index contributed by atoms with van der Waals surface area (Å²) in [5, 5.41) is 6.07. The van der Waals surface area contributed by atoms with Crippen molar-refractivity contribution in [3.05, 3.63) is 61.1 Å². The maximum absolute atomic E-state index is 4.55. The summed E-state index contributed by atoms with van der Waals surface area (Å²) >= 11 is 0. The summed E-state index contributed by atoms with van der Waals surface area (Å²) in [4.78, 5) is 12.4. The first-order valence-corrected chi connectivity index (χ1v) is 8.33. The molecule has 0 bridgehead atoms. The molecule has 0 unspecified atom stereocenters. The van der Waals surface area contributed by atoms with Crippen LogP contribution < -0.4 is 0 Å². The standard InChI is InChI=1S/C21H14N4/c1-25-17-7-3-2-5-12(17)15-9-16-14(10-18(15)25)13-6-4-8-22-19(13)21-20(16)23-11-24-21/h2-11,22H,1H3. The molecule has 0 aliphatic heterocycles. The van der Waals surface area contributed by atoms with Gasteiger partial charge in [0.25, 0.3) is 0 Å². The van der Waals surface area contributed by atoms with Crippen molar-refractivity contribution in [2.75, 3.05) is 0 Å². The highest BCUT2D eigenvalue weighted by Crippen LogP contribution is 2.37. The fourth-order valence-electron chi connectivity index (χ4n) is 4.13. The first-order chi connectivity index (χ1) is 12.3. The van der Waals surface area contributed by atoms with Gasteiger partial charge in [0.15, 0.2) is 0 Å². The van der Waals surface area contributed by atoms with E-state index in [0.717, 1.165) is 21.9 Å². The van der Waals surface area contributed by atoms with Gasteiger partial charge in [-0.1, -0.05) is 24.3 Å². The molecule has 0 aliphatic carbocycles. The lowest BCUT2D eigenvalue weighted by atomic mass is 10.0. The molecule has 3 aromatic carbocycles. The number of H-pyrrole nitrogens is 1. The maximum atomic E-state index is 4.55. The second-order valence-corrected chi connectivity index (χ2v) is 6.52. The summed E-state index contributed by atoms with van der Waals surface area (Å²) < 4.78 is 2.27. The number of benzene rings is 3. The van der Waals surface area contributed by atoms with E-state index in [1.807, 2.05) is 12.3 Å². The Balaban J connectivity index is 1.98. The van der Waals surface area contributed by atoms with Gasteiger partial charge in [0, 0.05) is 45.8 Å². The minimum Gasteiger partial charge on any atom is -0.359 e. The first-order valence-electron chi connectivity index (χ1n) is 8.33. The molecule has 25 heavy (non-hydrogen) atoms. The van der Waals surface area contributed by atoms with Crippen LogP contribution in [0.2, 0.25) is 0 Å². The van der Waals surface area contributed by atoms with Gasteiger partial charge in [-0.05, 0) is 29.7 Å². The summed E-state index contributed by atoms with van der Waals surface area (Å²) in [7, 11) is 2.13. The van der Waals surface area contributed by atoms with Gasteiger partial charge in [-0.25, -0.2) is 9.97 Å². The number of para-hydroxylation sites is 1. The molecule has 6 rings (SSSR count). The van der Waals surface area contributed by atoms with E-state index < -0.39 is 0 Å². The van der Waals surface area contributed by atoms with Crippen molar-refractivity contribution in [2.24, 2.45) is 7.05 Å². The largest absolute Gasteiger partial charge is 0.359 e. The van der Waals surface area contributed by atoms with Gasteiger partial charge < -0.3 is 9.55 Å². The van der Waals surface area contributed by atoms with Crippen molar-refractivity contribution in [1.82, 2.24) is 19.5 Å². The van der Waals surface area contributed by atoms with Crippen LogP contribution in [-0.2, 0) is 7.05 Å². The Kier molecular flexibility index (Phi) is 2.26. The maximum Gasteiger partial charge on any atom is 0.117 e. The van der Waals surface area contributed by atoms with Crippen LogP contribution in [0.5, 0.6) is 0 Å². The molecule has 1 N–H and O–H groups in total. The van der Waals surface area contributed by atoms with Crippen molar-refractivity contribution in [2.45, 2.75) is 0 Å². The fourth-order valence-corrected chi connectivity index (χ4v) is 4.13. The van der Waals surface area contributed by atoms with E-state index in [9.17, 15) is 0 Å². The molecule has 0 atom stereocenters. The monoisotopic (exact) mass is 322 g/mol. The zero-order valence-electron chi connectivity index (χ0n) is 13.6. The first kappa shape index (κ1) is 13.0. The van der Waals surface area contributed by atoms with E-state index in [2.05, 4.69) is 69.0 Å². The predicted molar refractivity (Wildman–Crippen MR) is 103 cm³/mol. The van der Waals surface area contributed by atoms with E-state index in [1.54, 1.807) is 6.33 Å². The Morgan fingerprint density at radius 2 is 1.60 bits per heavy atom. The van der Waals surface area contributed by atoms with Crippen LogP contribution in [-0.4, -0.2) is 19.5 Å². The summed E-state index contributed by atoms with van der Waals surface area (Å²) in [6.45, 7) is 0. The van der Waals surface area contributed by atoms with Gasteiger partial charge in [0.1, 0.15) is 17.4 Å². The number of aromatic nitrogens is 4. The van der Waals surface area contributed by atoms with Crippen LogP contribution in [0.3, 0.4) is 0 Å². The average Bonchev–Trinajstić information content (AvgIpc) is 3.26. The molecule has 0 spiro atoms. The van der Waals surface area contributed by atoms with E-state index >= 15 is 0 Å². The minimum absolute atomic E-state index is 0.933. The van der Waals surface area contributed by atoms with Crippen LogP contribution >= 0.6 is 0 Å². The Labute approximate surface area is 142 Å². The third-order valence-electron chi connectivity index (χ3n) is 5.29. The van der Waals surface area contributed by atoms with E-state index in [1.165, 1.54) is 32.6 Å². The number of nitrogens with one attached hydrogen (secondary N) is 1. The number of nitrogens with zero attached hydrogens (tertiary/aromatic N) is 3. The van der Waals surface area contributed by atoms with Gasteiger partial charge in [0.2, 0.25) is 0 Å². The summed E-state index contributed by atoms with van der Waals surface area (Å²) in [6.07, 6.45) is 3.59.